The fraction of sp³-hybridized carbons (Fsp3) is 0.375. The van der Waals surface area contributed by atoms with E-state index in [1.54, 1.807) is 0 Å². The van der Waals surface area contributed by atoms with Crippen LogP contribution in [0.2, 0.25) is 0 Å². The second kappa shape index (κ2) is 3.93. The van der Waals surface area contributed by atoms with Crippen molar-refractivity contribution < 1.29 is 18.3 Å². The minimum Gasteiger partial charge on any atom is -0.390 e. The molecule has 0 bridgehead atoms. The van der Waals surface area contributed by atoms with E-state index in [0.717, 1.165) is 0 Å². The molecule has 0 radical (unpaired) electrons. The lowest BCUT2D eigenvalue weighted by Gasteiger charge is -2.15. The van der Waals surface area contributed by atoms with Crippen LogP contribution in [-0.4, -0.2) is 16.3 Å². The molecule has 14 heavy (non-hydrogen) atoms. The van der Waals surface area contributed by atoms with Crippen LogP contribution in [0.1, 0.15) is 17.4 Å². The van der Waals surface area contributed by atoms with Gasteiger partial charge in [-0.2, -0.15) is 13.2 Å². The van der Waals surface area contributed by atoms with E-state index in [2.05, 4.69) is 4.98 Å². The molecule has 1 aromatic rings. The summed E-state index contributed by atoms with van der Waals surface area (Å²) >= 11 is 0. The summed E-state index contributed by atoms with van der Waals surface area (Å²) in [6.07, 6.45) is -4.51. The summed E-state index contributed by atoms with van der Waals surface area (Å²) < 4.78 is 36.4. The number of hydrogen-bond donors (Lipinski definition) is 2. The van der Waals surface area contributed by atoms with Crippen molar-refractivity contribution in [1.82, 2.24) is 4.98 Å². The van der Waals surface area contributed by atoms with Gasteiger partial charge < -0.3 is 10.8 Å². The molecular weight excluding hydrogens is 197 g/mol. The van der Waals surface area contributed by atoms with E-state index in [1.807, 2.05) is 0 Å². The molecule has 0 aliphatic rings. The molecular formula is C8H9F3N2O. The summed E-state index contributed by atoms with van der Waals surface area (Å²) in [5.41, 5.74) is 4.81. The average molecular weight is 206 g/mol. The fourth-order valence-electron chi connectivity index (χ4n) is 0.927. The predicted octanol–water partition coefficient (Wildman–Crippen LogP) is 1.14. The van der Waals surface area contributed by atoms with E-state index < -0.39 is 18.8 Å². The molecule has 6 heteroatoms. The molecule has 0 unspecified atom stereocenters. The number of alkyl halides is 3. The first-order valence-electron chi connectivity index (χ1n) is 3.84. The third kappa shape index (κ3) is 2.43. The van der Waals surface area contributed by atoms with E-state index in [-0.39, 0.29) is 11.4 Å². The highest BCUT2D eigenvalue weighted by Gasteiger charge is 2.38. The molecule has 0 spiro atoms. The van der Waals surface area contributed by atoms with Crippen LogP contribution in [0.5, 0.6) is 0 Å². The van der Waals surface area contributed by atoms with Crippen LogP contribution in [0.25, 0.3) is 0 Å². The Morgan fingerprint density at radius 3 is 2.57 bits per heavy atom. The zero-order chi connectivity index (χ0) is 10.8. The number of halogens is 3. The number of pyridine rings is 1. The first-order chi connectivity index (χ1) is 6.45. The molecule has 0 aromatic carbocycles. The zero-order valence-electron chi connectivity index (χ0n) is 7.12. The van der Waals surface area contributed by atoms with Gasteiger partial charge in [-0.3, -0.25) is 4.98 Å². The van der Waals surface area contributed by atoms with Crippen LogP contribution in [0, 0.1) is 0 Å². The van der Waals surface area contributed by atoms with Gasteiger partial charge in [0.1, 0.15) is 6.04 Å². The van der Waals surface area contributed by atoms with Crippen LogP contribution >= 0.6 is 0 Å². The number of nitrogens with zero attached hydrogens (tertiary/aromatic N) is 1. The zero-order valence-corrected chi connectivity index (χ0v) is 7.12. The predicted molar refractivity (Wildman–Crippen MR) is 43.1 cm³/mol. The second-order valence-electron chi connectivity index (χ2n) is 2.73. The first-order valence-corrected chi connectivity index (χ1v) is 3.84. The van der Waals surface area contributed by atoms with Gasteiger partial charge in [0.15, 0.2) is 0 Å². The van der Waals surface area contributed by atoms with E-state index >= 15 is 0 Å². The summed E-state index contributed by atoms with van der Waals surface area (Å²) in [7, 11) is 0. The van der Waals surface area contributed by atoms with Gasteiger partial charge in [0.05, 0.1) is 18.0 Å². The second-order valence-corrected chi connectivity index (χ2v) is 2.73. The Morgan fingerprint density at radius 2 is 2.07 bits per heavy atom. The van der Waals surface area contributed by atoms with Gasteiger partial charge in [0.25, 0.3) is 0 Å². The fourth-order valence-corrected chi connectivity index (χ4v) is 0.927. The highest BCUT2D eigenvalue weighted by molar-refractivity contribution is 5.14. The van der Waals surface area contributed by atoms with Crippen LogP contribution in [-0.2, 0) is 6.61 Å². The Morgan fingerprint density at radius 1 is 1.43 bits per heavy atom. The highest BCUT2D eigenvalue weighted by Crippen LogP contribution is 2.29. The number of rotatable bonds is 2. The monoisotopic (exact) mass is 206 g/mol. The Kier molecular flexibility index (Phi) is 3.07. The smallest absolute Gasteiger partial charge is 0.390 e. The van der Waals surface area contributed by atoms with Gasteiger partial charge in [-0.15, -0.1) is 0 Å². The maximum atomic E-state index is 12.1. The lowest BCUT2D eigenvalue weighted by atomic mass is 10.2. The van der Waals surface area contributed by atoms with Crippen molar-refractivity contribution in [3.63, 3.8) is 0 Å². The third-order valence-electron chi connectivity index (χ3n) is 1.66. The molecule has 0 fully saturated rings. The van der Waals surface area contributed by atoms with Crippen molar-refractivity contribution in [2.45, 2.75) is 18.8 Å². The molecule has 0 aliphatic carbocycles. The molecule has 0 aliphatic heterocycles. The van der Waals surface area contributed by atoms with Gasteiger partial charge >= 0.3 is 6.18 Å². The molecule has 1 atom stereocenters. The Bertz CT molecular complexity index is 314. The summed E-state index contributed by atoms with van der Waals surface area (Å²) in [6, 6.07) is 1.87. The Hall–Kier alpha value is -1.14. The Balaban J connectivity index is 2.95. The largest absolute Gasteiger partial charge is 0.409 e. The SMILES string of the molecule is N[C@H](c1cccc(CO)n1)C(F)(F)F. The van der Waals surface area contributed by atoms with Crippen molar-refractivity contribution in [2.75, 3.05) is 0 Å². The van der Waals surface area contributed by atoms with Gasteiger partial charge in [-0.05, 0) is 12.1 Å². The summed E-state index contributed by atoms with van der Waals surface area (Å²) in [4.78, 5) is 3.56. The molecule has 0 saturated heterocycles. The van der Waals surface area contributed by atoms with Gasteiger partial charge in [0.2, 0.25) is 0 Å². The van der Waals surface area contributed by atoms with E-state index in [0.29, 0.717) is 0 Å². The highest BCUT2D eigenvalue weighted by atomic mass is 19.4. The summed E-state index contributed by atoms with van der Waals surface area (Å²) in [6.45, 7) is -0.404. The van der Waals surface area contributed by atoms with Crippen molar-refractivity contribution in [1.29, 1.82) is 0 Å². The van der Waals surface area contributed by atoms with E-state index in [4.69, 9.17) is 10.8 Å². The number of aliphatic hydroxyl groups excluding tert-OH is 1. The molecule has 3 nitrogen and oxygen atoms in total. The average Bonchev–Trinajstić information content (AvgIpc) is 2.15. The molecule has 3 N–H and O–H groups in total. The minimum absolute atomic E-state index is 0.169. The minimum atomic E-state index is -4.51. The summed E-state index contributed by atoms with van der Waals surface area (Å²) in [5, 5.41) is 8.66. The molecule has 1 heterocycles. The van der Waals surface area contributed by atoms with Crippen molar-refractivity contribution >= 4 is 0 Å². The molecule has 0 amide bonds. The standard InChI is InChI=1S/C8H9F3N2O/c9-8(10,11)7(12)6-3-1-2-5(4-14)13-6/h1-3,7,14H,4,12H2/t7-/m1/s1. The number of nitrogens with two attached hydrogens (primary N) is 1. The van der Waals surface area contributed by atoms with Gasteiger partial charge in [-0.25, -0.2) is 0 Å². The van der Waals surface area contributed by atoms with Crippen molar-refractivity contribution in [2.24, 2.45) is 5.73 Å². The molecule has 1 rings (SSSR count). The number of hydrogen-bond acceptors (Lipinski definition) is 3. The Labute approximate surface area is 78.4 Å². The topological polar surface area (TPSA) is 59.1 Å². The lowest BCUT2D eigenvalue weighted by molar-refractivity contribution is -0.150. The van der Waals surface area contributed by atoms with Gasteiger partial charge in [0, 0.05) is 0 Å². The normalized spacial score (nSPS) is 14.1. The molecule has 0 saturated carbocycles. The van der Waals surface area contributed by atoms with Crippen LogP contribution < -0.4 is 5.73 Å². The van der Waals surface area contributed by atoms with Crippen LogP contribution in [0.15, 0.2) is 18.2 Å². The van der Waals surface area contributed by atoms with Crippen LogP contribution in [0.3, 0.4) is 0 Å². The maximum Gasteiger partial charge on any atom is 0.409 e. The van der Waals surface area contributed by atoms with Crippen molar-refractivity contribution in [3.05, 3.63) is 29.6 Å². The van der Waals surface area contributed by atoms with Gasteiger partial charge in [-0.1, -0.05) is 6.07 Å². The quantitative estimate of drug-likeness (QED) is 0.762. The third-order valence-corrected chi connectivity index (χ3v) is 1.66. The lowest BCUT2D eigenvalue weighted by Crippen LogP contribution is -2.29. The van der Waals surface area contributed by atoms with Crippen molar-refractivity contribution in [3.8, 4) is 0 Å². The van der Waals surface area contributed by atoms with Crippen LogP contribution in [0.4, 0.5) is 13.2 Å². The number of aliphatic hydroxyl groups is 1. The molecule has 78 valence electrons. The van der Waals surface area contributed by atoms with E-state index in [1.165, 1.54) is 18.2 Å². The maximum absolute atomic E-state index is 12.1. The number of aromatic nitrogens is 1. The molecule has 1 aromatic heterocycles. The first kappa shape index (κ1) is 10.9. The summed E-state index contributed by atoms with van der Waals surface area (Å²) in [5.74, 6) is 0. The van der Waals surface area contributed by atoms with E-state index in [9.17, 15) is 13.2 Å².